The second-order valence-corrected chi connectivity index (χ2v) is 8.61. The van der Waals surface area contributed by atoms with E-state index in [1.54, 1.807) is 0 Å². The standard InChI is InChI=1S/C22H16N2O2S2/c1-13-5-3-7-15(9-13)27-21-19(25)17-11-23-12-24-18(17)20(26)22(21)28-16-8-4-6-14(2)10-16/h3-12H,1-2H3. The van der Waals surface area contributed by atoms with Crippen LogP contribution in [0.5, 0.6) is 0 Å². The predicted molar refractivity (Wildman–Crippen MR) is 112 cm³/mol. The maximum absolute atomic E-state index is 13.2. The van der Waals surface area contributed by atoms with Crippen LogP contribution in [0.3, 0.4) is 0 Å². The molecule has 0 amide bonds. The number of aryl methyl sites for hydroxylation is 2. The van der Waals surface area contributed by atoms with Crippen LogP contribution < -0.4 is 0 Å². The molecule has 0 fully saturated rings. The lowest BCUT2D eigenvalue weighted by atomic mass is 10.0. The normalized spacial score (nSPS) is 13.6. The van der Waals surface area contributed by atoms with Crippen LogP contribution in [0, 0.1) is 13.8 Å². The summed E-state index contributed by atoms with van der Waals surface area (Å²) in [5.41, 5.74) is 2.62. The Hall–Kier alpha value is -2.70. The van der Waals surface area contributed by atoms with Crippen molar-refractivity contribution in [1.29, 1.82) is 0 Å². The molecule has 0 saturated heterocycles. The maximum atomic E-state index is 13.2. The van der Waals surface area contributed by atoms with Gasteiger partial charge >= 0.3 is 0 Å². The molecule has 0 bridgehead atoms. The minimum atomic E-state index is -0.237. The number of ketones is 2. The minimum absolute atomic E-state index is 0.170. The number of fused-ring (bicyclic) bond motifs is 1. The highest BCUT2D eigenvalue weighted by Gasteiger charge is 2.34. The molecule has 138 valence electrons. The van der Waals surface area contributed by atoms with Crippen molar-refractivity contribution in [2.75, 3.05) is 0 Å². The average molecular weight is 405 g/mol. The molecule has 0 spiro atoms. The van der Waals surface area contributed by atoms with Gasteiger partial charge in [0, 0.05) is 16.0 Å². The number of carbonyl (C=O) groups excluding carboxylic acids is 2. The summed E-state index contributed by atoms with van der Waals surface area (Å²) in [7, 11) is 0. The number of thioether (sulfide) groups is 2. The first-order valence-corrected chi connectivity index (χ1v) is 10.3. The van der Waals surface area contributed by atoms with E-state index in [1.807, 2.05) is 62.4 Å². The maximum Gasteiger partial charge on any atom is 0.220 e. The van der Waals surface area contributed by atoms with Gasteiger partial charge in [-0.1, -0.05) is 58.9 Å². The van der Waals surface area contributed by atoms with Gasteiger partial charge < -0.3 is 0 Å². The van der Waals surface area contributed by atoms with Gasteiger partial charge in [-0.2, -0.15) is 0 Å². The first-order chi connectivity index (χ1) is 13.5. The number of allylic oxidation sites excluding steroid dienone is 2. The van der Waals surface area contributed by atoms with Crippen LogP contribution in [-0.4, -0.2) is 21.5 Å². The fraction of sp³-hybridized carbons (Fsp3) is 0.0909. The number of hydrogen-bond donors (Lipinski definition) is 0. The van der Waals surface area contributed by atoms with Crippen LogP contribution >= 0.6 is 23.5 Å². The minimum Gasteiger partial charge on any atom is -0.288 e. The summed E-state index contributed by atoms with van der Waals surface area (Å²) >= 11 is 2.63. The first kappa shape index (κ1) is 18.7. The molecule has 28 heavy (non-hydrogen) atoms. The molecule has 0 aliphatic heterocycles. The molecule has 1 aromatic heterocycles. The van der Waals surface area contributed by atoms with Gasteiger partial charge in [0.15, 0.2) is 0 Å². The van der Waals surface area contributed by atoms with Gasteiger partial charge in [0.05, 0.1) is 15.4 Å². The van der Waals surface area contributed by atoms with E-state index in [4.69, 9.17) is 0 Å². The van der Waals surface area contributed by atoms with E-state index >= 15 is 0 Å². The topological polar surface area (TPSA) is 59.9 Å². The van der Waals surface area contributed by atoms with Crippen LogP contribution in [0.1, 0.15) is 32.0 Å². The summed E-state index contributed by atoms with van der Waals surface area (Å²) in [6.07, 6.45) is 2.73. The lowest BCUT2D eigenvalue weighted by molar-refractivity contribution is 0.0984. The van der Waals surface area contributed by atoms with Gasteiger partial charge in [-0.25, -0.2) is 9.97 Å². The van der Waals surface area contributed by atoms with E-state index in [-0.39, 0.29) is 22.8 Å². The lowest BCUT2D eigenvalue weighted by Crippen LogP contribution is -2.21. The zero-order chi connectivity index (χ0) is 19.7. The van der Waals surface area contributed by atoms with Crippen molar-refractivity contribution >= 4 is 35.1 Å². The lowest BCUT2D eigenvalue weighted by Gasteiger charge is -2.19. The molecule has 0 unspecified atom stereocenters. The van der Waals surface area contributed by atoms with Crippen molar-refractivity contribution in [2.24, 2.45) is 0 Å². The second kappa shape index (κ2) is 7.73. The molecule has 4 rings (SSSR count). The molecule has 0 saturated carbocycles. The zero-order valence-electron chi connectivity index (χ0n) is 15.3. The Bertz CT molecular complexity index is 1050. The van der Waals surface area contributed by atoms with Gasteiger partial charge in [0.2, 0.25) is 11.6 Å². The fourth-order valence-corrected chi connectivity index (χ4v) is 5.16. The van der Waals surface area contributed by atoms with Crippen LogP contribution in [0.15, 0.2) is 80.7 Å². The Balaban J connectivity index is 1.83. The number of Topliss-reactive ketones (excluding diaryl/α,β-unsaturated/α-hetero) is 2. The van der Waals surface area contributed by atoms with Crippen molar-refractivity contribution in [3.05, 3.63) is 93.2 Å². The zero-order valence-corrected chi connectivity index (χ0v) is 16.9. The third-order valence-corrected chi connectivity index (χ3v) is 6.51. The highest BCUT2D eigenvalue weighted by molar-refractivity contribution is 8.08. The molecule has 4 nitrogen and oxygen atoms in total. The smallest absolute Gasteiger partial charge is 0.220 e. The molecule has 1 aliphatic rings. The molecule has 0 radical (unpaired) electrons. The molecule has 1 aliphatic carbocycles. The summed E-state index contributed by atoms with van der Waals surface area (Å²) in [6, 6.07) is 15.8. The summed E-state index contributed by atoms with van der Waals surface area (Å²) in [6.45, 7) is 4.00. The van der Waals surface area contributed by atoms with Crippen LogP contribution in [0.2, 0.25) is 0 Å². The predicted octanol–water partition coefficient (Wildman–Crippen LogP) is 5.27. The Morgan fingerprint density at radius 1 is 0.786 bits per heavy atom. The van der Waals surface area contributed by atoms with Gasteiger partial charge in [0.25, 0.3) is 0 Å². The molecule has 0 atom stereocenters. The Morgan fingerprint density at radius 3 is 1.93 bits per heavy atom. The van der Waals surface area contributed by atoms with E-state index in [2.05, 4.69) is 9.97 Å². The third-order valence-electron chi connectivity index (χ3n) is 4.21. The SMILES string of the molecule is Cc1cccc(SC2=C(Sc3cccc(C)c3)C(=O)c3ncncc3C2=O)c1. The van der Waals surface area contributed by atoms with E-state index in [9.17, 15) is 9.59 Å². The Morgan fingerprint density at radius 2 is 1.36 bits per heavy atom. The summed E-state index contributed by atoms with van der Waals surface area (Å²) < 4.78 is 0. The van der Waals surface area contributed by atoms with Crippen molar-refractivity contribution in [1.82, 2.24) is 9.97 Å². The van der Waals surface area contributed by atoms with Gasteiger partial charge in [-0.05, 0) is 38.1 Å². The van der Waals surface area contributed by atoms with E-state index in [1.165, 1.54) is 36.0 Å². The quantitative estimate of drug-likeness (QED) is 0.590. The molecular weight excluding hydrogens is 388 g/mol. The van der Waals surface area contributed by atoms with Crippen molar-refractivity contribution in [2.45, 2.75) is 23.6 Å². The van der Waals surface area contributed by atoms with E-state index in [0.717, 1.165) is 20.9 Å². The van der Waals surface area contributed by atoms with E-state index < -0.39 is 0 Å². The van der Waals surface area contributed by atoms with Gasteiger partial charge in [-0.3, -0.25) is 9.59 Å². The number of benzene rings is 2. The molecule has 3 aromatic rings. The monoisotopic (exact) mass is 404 g/mol. The van der Waals surface area contributed by atoms with E-state index in [0.29, 0.717) is 9.81 Å². The summed E-state index contributed by atoms with van der Waals surface area (Å²) in [5.74, 6) is -0.449. The largest absolute Gasteiger partial charge is 0.288 e. The number of hydrogen-bond acceptors (Lipinski definition) is 6. The third kappa shape index (κ3) is 3.66. The fourth-order valence-electron chi connectivity index (χ4n) is 2.89. The molecule has 1 heterocycles. The van der Waals surface area contributed by atoms with Crippen LogP contribution in [0.25, 0.3) is 0 Å². The highest BCUT2D eigenvalue weighted by Crippen LogP contribution is 2.43. The Kier molecular flexibility index (Phi) is 5.15. The van der Waals surface area contributed by atoms with Crippen molar-refractivity contribution in [3.8, 4) is 0 Å². The molecule has 2 aromatic carbocycles. The number of aromatic nitrogens is 2. The average Bonchev–Trinajstić information content (AvgIpc) is 2.69. The van der Waals surface area contributed by atoms with Gasteiger partial charge in [-0.15, -0.1) is 0 Å². The molecule has 6 heteroatoms. The first-order valence-electron chi connectivity index (χ1n) is 8.65. The molecule has 0 N–H and O–H groups in total. The summed E-state index contributed by atoms with van der Waals surface area (Å²) in [4.78, 5) is 37.1. The van der Waals surface area contributed by atoms with Crippen LogP contribution in [0.4, 0.5) is 0 Å². The highest BCUT2D eigenvalue weighted by atomic mass is 32.2. The summed E-state index contributed by atoms with van der Waals surface area (Å²) in [5, 5.41) is 0. The van der Waals surface area contributed by atoms with Gasteiger partial charge in [0.1, 0.15) is 12.0 Å². The van der Waals surface area contributed by atoms with Crippen molar-refractivity contribution in [3.63, 3.8) is 0 Å². The number of carbonyl (C=O) groups is 2. The van der Waals surface area contributed by atoms with Crippen LogP contribution in [-0.2, 0) is 0 Å². The van der Waals surface area contributed by atoms with Crippen molar-refractivity contribution < 1.29 is 9.59 Å². The second-order valence-electron chi connectivity index (χ2n) is 6.44. The molecular formula is C22H16N2O2S2. The number of nitrogens with zero attached hydrogens (tertiary/aromatic N) is 2. The number of rotatable bonds is 4. The Labute approximate surface area is 171 Å².